The van der Waals surface area contributed by atoms with Crippen LogP contribution in [0.3, 0.4) is 0 Å². The fourth-order valence-corrected chi connectivity index (χ4v) is 3.37. The molecule has 0 saturated heterocycles. The van der Waals surface area contributed by atoms with E-state index in [0.717, 1.165) is 16.7 Å². The number of aliphatic hydroxyl groups excluding tert-OH is 1. The van der Waals surface area contributed by atoms with Gasteiger partial charge in [-0.3, -0.25) is 9.59 Å². The van der Waals surface area contributed by atoms with Gasteiger partial charge in [-0.05, 0) is 22.8 Å². The Hall–Kier alpha value is -3.71. The Morgan fingerprint density at radius 2 is 1.83 bits per heavy atom. The normalized spacial score (nSPS) is 12.8. The van der Waals surface area contributed by atoms with E-state index in [4.69, 9.17) is 0 Å². The first-order chi connectivity index (χ1) is 14.6. The highest BCUT2D eigenvalue weighted by molar-refractivity contribution is 6.04. The molecule has 2 heterocycles. The van der Waals surface area contributed by atoms with Gasteiger partial charge in [-0.25, -0.2) is 4.98 Å². The lowest BCUT2D eigenvalue weighted by Crippen LogP contribution is -2.40. The molecule has 1 aromatic heterocycles. The number of amides is 2. The van der Waals surface area contributed by atoms with Crippen molar-refractivity contribution in [3.8, 4) is 0 Å². The summed E-state index contributed by atoms with van der Waals surface area (Å²) in [6.07, 6.45) is 1.50. The van der Waals surface area contributed by atoms with Gasteiger partial charge in [0, 0.05) is 12.7 Å². The molecule has 152 valence electrons. The van der Waals surface area contributed by atoms with Crippen molar-refractivity contribution in [1.29, 1.82) is 0 Å². The minimum Gasteiger partial charge on any atom is -0.392 e. The van der Waals surface area contributed by atoms with E-state index < -0.39 is 0 Å². The Bertz CT molecular complexity index is 1070. The Labute approximate surface area is 174 Å². The van der Waals surface area contributed by atoms with Crippen LogP contribution < -0.4 is 15.5 Å². The van der Waals surface area contributed by atoms with Crippen LogP contribution in [0.4, 0.5) is 11.5 Å². The molecule has 0 saturated carbocycles. The van der Waals surface area contributed by atoms with Crippen molar-refractivity contribution in [2.75, 3.05) is 16.8 Å². The summed E-state index contributed by atoms with van der Waals surface area (Å²) in [7, 11) is 0. The average Bonchev–Trinajstić information content (AvgIpc) is 2.80. The van der Waals surface area contributed by atoms with Crippen LogP contribution in [0.2, 0.25) is 0 Å². The molecule has 0 unspecified atom stereocenters. The van der Waals surface area contributed by atoms with Crippen LogP contribution in [0.1, 0.15) is 27.0 Å². The van der Waals surface area contributed by atoms with Crippen LogP contribution in [0.15, 0.2) is 66.9 Å². The molecule has 2 amide bonds. The molecule has 4 rings (SSSR count). The zero-order valence-corrected chi connectivity index (χ0v) is 16.3. The van der Waals surface area contributed by atoms with Crippen LogP contribution in [-0.2, 0) is 24.5 Å². The quantitative estimate of drug-likeness (QED) is 0.589. The van der Waals surface area contributed by atoms with Gasteiger partial charge in [0.15, 0.2) is 5.82 Å². The van der Waals surface area contributed by atoms with E-state index in [0.29, 0.717) is 30.2 Å². The molecular formula is C23H22N4O3. The summed E-state index contributed by atoms with van der Waals surface area (Å²) in [4.78, 5) is 31.2. The van der Waals surface area contributed by atoms with Crippen molar-refractivity contribution in [1.82, 2.24) is 10.3 Å². The van der Waals surface area contributed by atoms with Crippen LogP contribution >= 0.6 is 0 Å². The Morgan fingerprint density at radius 3 is 2.63 bits per heavy atom. The lowest BCUT2D eigenvalue weighted by molar-refractivity contribution is -0.117. The molecule has 30 heavy (non-hydrogen) atoms. The van der Waals surface area contributed by atoms with E-state index >= 15 is 0 Å². The lowest BCUT2D eigenvalue weighted by Gasteiger charge is -2.29. The number of hydrogen-bond acceptors (Lipinski definition) is 5. The largest absolute Gasteiger partial charge is 0.392 e. The molecule has 0 aliphatic carbocycles. The SMILES string of the molecule is O=C(NCc1cccc(CO)c1)c1cnc2c(c1)N(Cc1ccccc1)C(=O)CN2. The highest BCUT2D eigenvalue weighted by Gasteiger charge is 2.26. The smallest absolute Gasteiger partial charge is 0.253 e. The second-order valence-electron chi connectivity index (χ2n) is 7.07. The van der Waals surface area contributed by atoms with E-state index in [1.807, 2.05) is 54.6 Å². The topological polar surface area (TPSA) is 94.6 Å². The number of anilines is 2. The fraction of sp³-hybridized carbons (Fsp3) is 0.174. The van der Waals surface area contributed by atoms with Gasteiger partial charge in [0.2, 0.25) is 5.91 Å². The summed E-state index contributed by atoms with van der Waals surface area (Å²) in [6, 6.07) is 18.8. The number of carbonyl (C=O) groups excluding carboxylic acids is 2. The number of nitrogens with one attached hydrogen (secondary N) is 2. The second kappa shape index (κ2) is 8.75. The van der Waals surface area contributed by atoms with Crippen LogP contribution in [-0.4, -0.2) is 28.4 Å². The zero-order valence-electron chi connectivity index (χ0n) is 16.3. The maximum atomic E-state index is 12.7. The lowest BCUT2D eigenvalue weighted by atomic mass is 10.1. The third kappa shape index (κ3) is 4.31. The second-order valence-corrected chi connectivity index (χ2v) is 7.07. The monoisotopic (exact) mass is 402 g/mol. The van der Waals surface area contributed by atoms with Gasteiger partial charge in [0.05, 0.1) is 30.9 Å². The molecule has 0 atom stereocenters. The summed E-state index contributed by atoms with van der Waals surface area (Å²) < 4.78 is 0. The predicted molar refractivity (Wildman–Crippen MR) is 114 cm³/mol. The number of pyridine rings is 1. The average molecular weight is 402 g/mol. The minimum absolute atomic E-state index is 0.0468. The molecule has 2 aromatic carbocycles. The van der Waals surface area contributed by atoms with Gasteiger partial charge in [-0.1, -0.05) is 54.6 Å². The fourth-order valence-electron chi connectivity index (χ4n) is 3.37. The van der Waals surface area contributed by atoms with E-state index in [9.17, 15) is 14.7 Å². The van der Waals surface area contributed by atoms with Gasteiger partial charge >= 0.3 is 0 Å². The number of aromatic nitrogens is 1. The molecule has 3 N–H and O–H groups in total. The van der Waals surface area contributed by atoms with E-state index in [-0.39, 0.29) is 25.0 Å². The minimum atomic E-state index is -0.280. The molecule has 0 fully saturated rings. The number of carbonyl (C=O) groups is 2. The molecule has 7 heteroatoms. The van der Waals surface area contributed by atoms with Crippen LogP contribution in [0, 0.1) is 0 Å². The van der Waals surface area contributed by atoms with Crippen molar-refractivity contribution < 1.29 is 14.7 Å². The van der Waals surface area contributed by atoms with E-state index in [2.05, 4.69) is 15.6 Å². The number of aliphatic hydroxyl groups is 1. The molecule has 0 bridgehead atoms. The maximum Gasteiger partial charge on any atom is 0.253 e. The summed E-state index contributed by atoms with van der Waals surface area (Å²) >= 11 is 0. The summed E-state index contributed by atoms with van der Waals surface area (Å²) in [5.41, 5.74) is 3.64. The number of nitrogens with zero attached hydrogens (tertiary/aromatic N) is 2. The Balaban J connectivity index is 1.52. The van der Waals surface area contributed by atoms with Gasteiger partial charge in [0.1, 0.15) is 0 Å². The first-order valence-electron chi connectivity index (χ1n) is 9.69. The Morgan fingerprint density at radius 1 is 1.07 bits per heavy atom. The van der Waals surface area contributed by atoms with Crippen LogP contribution in [0.25, 0.3) is 0 Å². The van der Waals surface area contributed by atoms with Crippen molar-refractivity contribution in [3.05, 3.63) is 89.1 Å². The first-order valence-corrected chi connectivity index (χ1v) is 9.69. The molecule has 7 nitrogen and oxygen atoms in total. The van der Waals surface area contributed by atoms with Gasteiger partial charge < -0.3 is 20.6 Å². The van der Waals surface area contributed by atoms with Crippen LogP contribution in [0.5, 0.6) is 0 Å². The molecule has 1 aliphatic heterocycles. The highest BCUT2D eigenvalue weighted by Crippen LogP contribution is 2.29. The van der Waals surface area contributed by atoms with Gasteiger partial charge in [0.25, 0.3) is 5.91 Å². The highest BCUT2D eigenvalue weighted by atomic mass is 16.3. The van der Waals surface area contributed by atoms with Crippen molar-refractivity contribution >= 4 is 23.3 Å². The first kappa shape index (κ1) is 19.6. The number of rotatable bonds is 6. The van der Waals surface area contributed by atoms with Crippen molar-refractivity contribution in [2.45, 2.75) is 19.7 Å². The predicted octanol–water partition coefficient (Wildman–Crippen LogP) is 2.46. The zero-order chi connectivity index (χ0) is 20.9. The number of hydrogen-bond donors (Lipinski definition) is 3. The third-order valence-electron chi connectivity index (χ3n) is 4.94. The van der Waals surface area contributed by atoms with E-state index in [1.54, 1.807) is 11.0 Å². The number of benzene rings is 2. The summed E-state index contributed by atoms with van der Waals surface area (Å²) in [5, 5.41) is 15.1. The van der Waals surface area contributed by atoms with Crippen molar-refractivity contribution in [2.24, 2.45) is 0 Å². The molecule has 1 aliphatic rings. The number of fused-ring (bicyclic) bond motifs is 1. The van der Waals surface area contributed by atoms with Crippen molar-refractivity contribution in [3.63, 3.8) is 0 Å². The summed E-state index contributed by atoms with van der Waals surface area (Å²) in [6.45, 7) is 0.859. The standard InChI is InChI=1S/C23H22N4O3/c28-15-18-8-4-7-17(9-18)11-26-23(30)19-10-20-22(24-12-19)25-13-21(29)27(20)14-16-5-2-1-3-6-16/h1-10,12,28H,11,13-15H2,(H,24,25)(H,26,30). The molecule has 0 radical (unpaired) electrons. The maximum absolute atomic E-state index is 12.7. The molecular weight excluding hydrogens is 380 g/mol. The third-order valence-corrected chi connectivity index (χ3v) is 4.94. The van der Waals surface area contributed by atoms with E-state index in [1.165, 1.54) is 6.20 Å². The van der Waals surface area contributed by atoms with Gasteiger partial charge in [-0.2, -0.15) is 0 Å². The molecule has 0 spiro atoms. The molecule has 3 aromatic rings. The Kier molecular flexibility index (Phi) is 5.72. The van der Waals surface area contributed by atoms with Gasteiger partial charge in [-0.15, -0.1) is 0 Å². The summed E-state index contributed by atoms with van der Waals surface area (Å²) in [5.74, 6) is 0.224.